The van der Waals surface area contributed by atoms with Crippen molar-refractivity contribution in [3.63, 3.8) is 0 Å². The zero-order chi connectivity index (χ0) is 16.2. The summed E-state index contributed by atoms with van der Waals surface area (Å²) in [6.45, 7) is 1.94. The number of nitrogens with one attached hydrogen (secondary N) is 1. The van der Waals surface area contributed by atoms with Gasteiger partial charge in [0.15, 0.2) is 0 Å². The van der Waals surface area contributed by atoms with Gasteiger partial charge >= 0.3 is 0 Å². The number of likely N-dealkylation sites (N-methyl/N-ethyl adjacent to an activating group) is 1. The summed E-state index contributed by atoms with van der Waals surface area (Å²) in [6.07, 6.45) is 0. The molecule has 0 aliphatic rings. The molecule has 1 N–H and O–H groups in total. The van der Waals surface area contributed by atoms with Gasteiger partial charge in [-0.25, -0.2) is 13.4 Å². The van der Waals surface area contributed by atoms with Crippen molar-refractivity contribution in [2.45, 2.75) is 18.4 Å². The Balaban J connectivity index is 1.93. The summed E-state index contributed by atoms with van der Waals surface area (Å²) in [4.78, 5) is 16.3. The van der Waals surface area contributed by atoms with E-state index >= 15 is 0 Å². The van der Waals surface area contributed by atoms with Gasteiger partial charge in [0.1, 0.15) is 5.01 Å². The maximum absolute atomic E-state index is 12.3. The molecule has 8 heteroatoms. The zero-order valence-electron chi connectivity index (χ0n) is 12.3. The Morgan fingerprint density at radius 1 is 1.32 bits per heavy atom. The summed E-state index contributed by atoms with van der Waals surface area (Å²) in [5.74, 6) is -0.366. The highest BCUT2D eigenvalue weighted by Gasteiger charge is 2.22. The van der Waals surface area contributed by atoms with Gasteiger partial charge in [0.05, 0.1) is 18.0 Å². The molecule has 6 nitrogen and oxygen atoms in total. The Morgan fingerprint density at radius 3 is 2.59 bits per heavy atom. The third kappa shape index (κ3) is 4.12. The molecule has 0 aliphatic heterocycles. The monoisotopic (exact) mass is 339 g/mol. The summed E-state index contributed by atoms with van der Waals surface area (Å²) in [5.41, 5.74) is 0.901. The summed E-state index contributed by atoms with van der Waals surface area (Å²) in [5, 5.41) is 5.36. The average molecular weight is 339 g/mol. The number of carbonyl (C=O) groups excluding carboxylic acids is 1. The molecular weight excluding hydrogens is 322 g/mol. The number of thiazole rings is 1. The largest absolute Gasteiger partial charge is 0.348 e. The first kappa shape index (κ1) is 16.6. The zero-order valence-corrected chi connectivity index (χ0v) is 13.9. The number of aryl methyl sites for hydroxylation is 1. The van der Waals surface area contributed by atoms with Crippen LogP contribution in [-0.4, -0.2) is 37.2 Å². The molecule has 1 heterocycles. The highest BCUT2D eigenvalue weighted by atomic mass is 32.2. The van der Waals surface area contributed by atoms with Crippen LogP contribution in [0.3, 0.4) is 0 Å². The van der Waals surface area contributed by atoms with E-state index in [4.69, 9.17) is 0 Å². The number of nitrogens with zero attached hydrogens (tertiary/aromatic N) is 2. The van der Waals surface area contributed by atoms with Crippen molar-refractivity contribution < 1.29 is 13.2 Å². The van der Waals surface area contributed by atoms with E-state index in [2.05, 4.69) is 10.3 Å². The van der Waals surface area contributed by atoms with Gasteiger partial charge in [-0.3, -0.25) is 4.79 Å². The second kappa shape index (κ2) is 6.99. The van der Waals surface area contributed by atoms with Crippen LogP contribution in [0.15, 0.2) is 40.6 Å². The van der Waals surface area contributed by atoms with Crippen LogP contribution in [0.1, 0.15) is 10.7 Å². The lowest BCUT2D eigenvalue weighted by Gasteiger charge is -2.16. The normalized spacial score (nSPS) is 11.6. The van der Waals surface area contributed by atoms with E-state index in [1.807, 2.05) is 12.3 Å². The van der Waals surface area contributed by atoms with Crippen molar-refractivity contribution in [2.75, 3.05) is 13.6 Å². The molecule has 2 aromatic rings. The Morgan fingerprint density at radius 2 is 2.00 bits per heavy atom. The SMILES string of the molecule is Cc1csc(CNC(=O)CN(C)S(=O)(=O)c2ccccc2)n1. The smallest absolute Gasteiger partial charge is 0.243 e. The second-order valence-corrected chi connectivity index (χ2v) is 7.72. The summed E-state index contributed by atoms with van der Waals surface area (Å²) in [6, 6.07) is 8.03. The molecule has 0 radical (unpaired) electrons. The fourth-order valence-corrected chi connectivity index (χ4v) is 3.63. The quantitative estimate of drug-likeness (QED) is 0.862. The fourth-order valence-electron chi connectivity index (χ4n) is 1.77. The Kier molecular flexibility index (Phi) is 5.28. The number of hydrogen-bond donors (Lipinski definition) is 1. The molecule has 0 spiro atoms. The van der Waals surface area contributed by atoms with Gasteiger partial charge in [-0.05, 0) is 19.1 Å². The summed E-state index contributed by atoms with van der Waals surface area (Å²) < 4.78 is 25.6. The van der Waals surface area contributed by atoms with Crippen LogP contribution in [0.2, 0.25) is 0 Å². The van der Waals surface area contributed by atoms with E-state index in [0.717, 1.165) is 15.0 Å². The number of sulfonamides is 1. The van der Waals surface area contributed by atoms with Crippen LogP contribution in [0, 0.1) is 6.92 Å². The fraction of sp³-hybridized carbons (Fsp3) is 0.286. The number of benzene rings is 1. The third-order valence-corrected chi connectivity index (χ3v) is 5.71. The molecule has 0 saturated heterocycles. The number of amides is 1. The first-order valence-electron chi connectivity index (χ1n) is 6.58. The molecule has 2 rings (SSSR count). The molecule has 0 fully saturated rings. The lowest BCUT2D eigenvalue weighted by molar-refractivity contribution is -0.121. The maximum atomic E-state index is 12.3. The van der Waals surface area contributed by atoms with E-state index in [1.54, 1.807) is 18.2 Å². The Bertz CT molecular complexity index is 742. The number of aromatic nitrogens is 1. The third-order valence-electron chi connectivity index (χ3n) is 2.92. The summed E-state index contributed by atoms with van der Waals surface area (Å²) >= 11 is 1.46. The van der Waals surface area contributed by atoms with Gasteiger partial charge in [0.25, 0.3) is 0 Å². The lowest BCUT2D eigenvalue weighted by Crippen LogP contribution is -2.38. The van der Waals surface area contributed by atoms with Gasteiger partial charge in [-0.1, -0.05) is 18.2 Å². The van der Waals surface area contributed by atoms with Gasteiger partial charge < -0.3 is 5.32 Å². The van der Waals surface area contributed by atoms with E-state index in [9.17, 15) is 13.2 Å². The molecule has 0 bridgehead atoms. The molecular formula is C14H17N3O3S2. The number of carbonyl (C=O) groups is 1. The molecule has 0 unspecified atom stereocenters. The molecule has 0 saturated carbocycles. The minimum atomic E-state index is -3.65. The van der Waals surface area contributed by atoms with Crippen LogP contribution < -0.4 is 5.32 Å². The van der Waals surface area contributed by atoms with Crippen LogP contribution in [0.4, 0.5) is 0 Å². The van der Waals surface area contributed by atoms with Crippen LogP contribution >= 0.6 is 11.3 Å². The maximum Gasteiger partial charge on any atom is 0.243 e. The van der Waals surface area contributed by atoms with E-state index in [-0.39, 0.29) is 17.3 Å². The van der Waals surface area contributed by atoms with Crippen molar-refractivity contribution in [3.05, 3.63) is 46.4 Å². The van der Waals surface area contributed by atoms with E-state index in [0.29, 0.717) is 6.54 Å². The van der Waals surface area contributed by atoms with Gasteiger partial charge in [-0.15, -0.1) is 11.3 Å². The van der Waals surface area contributed by atoms with Crippen molar-refractivity contribution >= 4 is 27.3 Å². The molecule has 1 amide bonds. The Labute approximate surface area is 133 Å². The van der Waals surface area contributed by atoms with Crippen molar-refractivity contribution in [1.82, 2.24) is 14.6 Å². The first-order valence-corrected chi connectivity index (χ1v) is 8.90. The van der Waals surface area contributed by atoms with Gasteiger partial charge in [0.2, 0.25) is 15.9 Å². The predicted molar refractivity (Wildman–Crippen MR) is 85.0 cm³/mol. The number of hydrogen-bond acceptors (Lipinski definition) is 5. The minimum Gasteiger partial charge on any atom is -0.348 e. The molecule has 22 heavy (non-hydrogen) atoms. The van der Waals surface area contributed by atoms with E-state index < -0.39 is 10.0 Å². The van der Waals surface area contributed by atoms with Crippen molar-refractivity contribution in [3.8, 4) is 0 Å². The topological polar surface area (TPSA) is 79.4 Å². The molecule has 1 aromatic heterocycles. The number of rotatable bonds is 6. The molecule has 118 valence electrons. The van der Waals surface area contributed by atoms with Crippen LogP contribution in [0.25, 0.3) is 0 Å². The molecule has 0 atom stereocenters. The van der Waals surface area contributed by atoms with Gasteiger partial charge in [-0.2, -0.15) is 4.31 Å². The lowest BCUT2D eigenvalue weighted by atomic mass is 10.4. The van der Waals surface area contributed by atoms with Crippen molar-refractivity contribution in [1.29, 1.82) is 0 Å². The van der Waals surface area contributed by atoms with Crippen LogP contribution in [0.5, 0.6) is 0 Å². The minimum absolute atomic E-state index is 0.167. The molecule has 0 aliphatic carbocycles. The predicted octanol–water partition coefficient (Wildman–Crippen LogP) is 1.39. The van der Waals surface area contributed by atoms with Crippen LogP contribution in [-0.2, 0) is 21.4 Å². The highest BCUT2D eigenvalue weighted by Crippen LogP contribution is 2.13. The van der Waals surface area contributed by atoms with Crippen molar-refractivity contribution in [2.24, 2.45) is 0 Å². The van der Waals surface area contributed by atoms with Gasteiger partial charge in [0, 0.05) is 18.1 Å². The highest BCUT2D eigenvalue weighted by molar-refractivity contribution is 7.89. The standard InChI is InChI=1S/C14H17N3O3S2/c1-11-10-21-14(16-11)8-15-13(18)9-17(2)22(19,20)12-6-4-3-5-7-12/h3-7,10H,8-9H2,1-2H3,(H,15,18). The Hall–Kier alpha value is -1.77. The summed E-state index contributed by atoms with van der Waals surface area (Å²) in [7, 11) is -2.27. The molecule has 1 aromatic carbocycles. The average Bonchev–Trinajstić information content (AvgIpc) is 2.91. The first-order chi connectivity index (χ1) is 10.4. The second-order valence-electron chi connectivity index (χ2n) is 4.73. The van der Waals surface area contributed by atoms with E-state index in [1.165, 1.54) is 30.5 Å².